The van der Waals surface area contributed by atoms with Gasteiger partial charge in [0.05, 0.1) is 12.8 Å². The van der Waals surface area contributed by atoms with Gasteiger partial charge in [-0.2, -0.15) is 5.26 Å². The van der Waals surface area contributed by atoms with E-state index in [1.807, 2.05) is 36.4 Å². The Hall–Kier alpha value is -3.72. The number of amides is 1. The molecule has 0 saturated heterocycles. The summed E-state index contributed by atoms with van der Waals surface area (Å²) < 4.78 is 32.1. The van der Waals surface area contributed by atoms with Crippen LogP contribution in [-0.2, 0) is 4.79 Å². The molecule has 0 atom stereocenters. The molecule has 0 fully saturated rings. The Bertz CT molecular complexity index is 1100. The molecule has 1 N–H and O–H groups in total. The fourth-order valence-corrected chi connectivity index (χ4v) is 2.68. The first kappa shape index (κ1) is 18.1. The van der Waals surface area contributed by atoms with E-state index in [9.17, 15) is 18.8 Å². The van der Waals surface area contributed by atoms with Gasteiger partial charge in [0, 0.05) is 11.6 Å². The second-order valence-electron chi connectivity index (χ2n) is 5.65. The maximum absolute atomic E-state index is 13.8. The predicted molar refractivity (Wildman–Crippen MR) is 99.1 cm³/mol. The minimum atomic E-state index is -0.927. The molecule has 0 bridgehead atoms. The van der Waals surface area contributed by atoms with Crippen LogP contribution in [0.15, 0.2) is 60.2 Å². The van der Waals surface area contributed by atoms with Crippen LogP contribution in [0.1, 0.15) is 5.56 Å². The summed E-state index contributed by atoms with van der Waals surface area (Å²) in [6.45, 7) is 0. The maximum Gasteiger partial charge on any atom is 0.266 e. The van der Waals surface area contributed by atoms with Crippen LogP contribution in [0.5, 0.6) is 5.75 Å². The highest BCUT2D eigenvalue weighted by Gasteiger charge is 2.15. The quantitative estimate of drug-likeness (QED) is 0.540. The molecule has 0 unspecified atom stereocenters. The summed E-state index contributed by atoms with van der Waals surface area (Å²) in [5.41, 5.74) is 0.0997. The van der Waals surface area contributed by atoms with E-state index in [1.165, 1.54) is 13.2 Å². The molecule has 0 spiro atoms. The van der Waals surface area contributed by atoms with E-state index in [0.29, 0.717) is 17.4 Å². The molecule has 0 aromatic heterocycles. The molecule has 1 amide bonds. The highest BCUT2D eigenvalue weighted by atomic mass is 19.1. The molecule has 3 rings (SSSR count). The SMILES string of the molecule is COc1ccc2ccccc2c1/C=C(\C#N)C(=O)Nc1ccc(F)cc1F. The van der Waals surface area contributed by atoms with Crippen LogP contribution >= 0.6 is 0 Å². The topological polar surface area (TPSA) is 62.1 Å². The zero-order valence-corrected chi connectivity index (χ0v) is 14.3. The van der Waals surface area contributed by atoms with Crippen LogP contribution in [0.2, 0.25) is 0 Å². The monoisotopic (exact) mass is 364 g/mol. The Kier molecular flexibility index (Phi) is 5.13. The van der Waals surface area contributed by atoms with Gasteiger partial charge in [0.15, 0.2) is 0 Å². The molecular weight excluding hydrogens is 350 g/mol. The molecule has 0 aliphatic rings. The van der Waals surface area contributed by atoms with Crippen molar-refractivity contribution in [1.82, 2.24) is 0 Å². The summed E-state index contributed by atoms with van der Waals surface area (Å²) >= 11 is 0. The maximum atomic E-state index is 13.8. The number of nitrogens with zero attached hydrogens (tertiary/aromatic N) is 1. The van der Waals surface area contributed by atoms with Crippen molar-refractivity contribution in [2.24, 2.45) is 0 Å². The van der Waals surface area contributed by atoms with Gasteiger partial charge in [-0.3, -0.25) is 4.79 Å². The normalized spacial score (nSPS) is 11.1. The van der Waals surface area contributed by atoms with Crippen molar-refractivity contribution in [1.29, 1.82) is 5.26 Å². The number of nitriles is 1. The van der Waals surface area contributed by atoms with Crippen molar-refractivity contribution >= 4 is 28.4 Å². The van der Waals surface area contributed by atoms with Crippen molar-refractivity contribution in [3.8, 4) is 11.8 Å². The summed E-state index contributed by atoms with van der Waals surface area (Å²) in [6, 6.07) is 15.6. The van der Waals surface area contributed by atoms with Crippen LogP contribution in [0, 0.1) is 23.0 Å². The van der Waals surface area contributed by atoms with Crippen LogP contribution in [0.4, 0.5) is 14.5 Å². The third-order valence-electron chi connectivity index (χ3n) is 3.98. The van der Waals surface area contributed by atoms with E-state index < -0.39 is 17.5 Å². The molecule has 4 nitrogen and oxygen atoms in total. The number of anilines is 1. The number of carbonyl (C=O) groups excluding carboxylic acids is 1. The van der Waals surface area contributed by atoms with Gasteiger partial charge >= 0.3 is 0 Å². The number of nitrogens with one attached hydrogen (secondary N) is 1. The summed E-state index contributed by atoms with van der Waals surface area (Å²) in [5, 5.41) is 13.4. The predicted octanol–water partition coefficient (Wildman–Crippen LogP) is 4.67. The van der Waals surface area contributed by atoms with E-state index in [-0.39, 0.29) is 11.3 Å². The van der Waals surface area contributed by atoms with Gasteiger partial charge in [-0.05, 0) is 35.0 Å². The van der Waals surface area contributed by atoms with Gasteiger partial charge in [0.1, 0.15) is 29.0 Å². The molecule has 3 aromatic carbocycles. The van der Waals surface area contributed by atoms with Gasteiger partial charge in [0.25, 0.3) is 5.91 Å². The highest BCUT2D eigenvalue weighted by molar-refractivity contribution is 6.11. The lowest BCUT2D eigenvalue weighted by Crippen LogP contribution is -2.14. The number of fused-ring (bicyclic) bond motifs is 1. The molecule has 6 heteroatoms. The minimum Gasteiger partial charge on any atom is -0.496 e. The van der Waals surface area contributed by atoms with E-state index in [0.717, 1.165) is 22.9 Å². The molecule has 134 valence electrons. The first-order chi connectivity index (χ1) is 13.0. The zero-order valence-electron chi connectivity index (χ0n) is 14.3. The van der Waals surface area contributed by atoms with Crippen LogP contribution in [0.25, 0.3) is 16.8 Å². The van der Waals surface area contributed by atoms with Gasteiger partial charge in [-0.25, -0.2) is 8.78 Å². The fraction of sp³-hybridized carbons (Fsp3) is 0.0476. The molecule has 3 aromatic rings. The van der Waals surface area contributed by atoms with E-state index >= 15 is 0 Å². The zero-order chi connectivity index (χ0) is 19.4. The summed E-state index contributed by atoms with van der Waals surface area (Å²) in [5.74, 6) is -2.01. The molecular formula is C21H14F2N2O2. The number of hydrogen-bond donors (Lipinski definition) is 1. The molecule has 0 radical (unpaired) electrons. The number of ether oxygens (including phenoxy) is 1. The Labute approximate surface area is 154 Å². The largest absolute Gasteiger partial charge is 0.496 e. The van der Waals surface area contributed by atoms with Crippen LogP contribution in [0.3, 0.4) is 0 Å². The number of hydrogen-bond acceptors (Lipinski definition) is 3. The second-order valence-corrected chi connectivity index (χ2v) is 5.65. The summed E-state index contributed by atoms with van der Waals surface area (Å²) in [4.78, 5) is 12.4. The molecule has 0 aliphatic carbocycles. The van der Waals surface area contributed by atoms with Crippen molar-refractivity contribution in [3.63, 3.8) is 0 Å². The van der Waals surface area contributed by atoms with Gasteiger partial charge in [-0.15, -0.1) is 0 Å². The molecule has 0 saturated carbocycles. The van der Waals surface area contributed by atoms with E-state index in [2.05, 4.69) is 5.32 Å². The lowest BCUT2D eigenvalue weighted by atomic mass is 10.0. The van der Waals surface area contributed by atoms with E-state index in [4.69, 9.17) is 4.74 Å². The Morgan fingerprint density at radius 2 is 1.93 bits per heavy atom. The van der Waals surface area contributed by atoms with Crippen molar-refractivity contribution < 1.29 is 18.3 Å². The first-order valence-electron chi connectivity index (χ1n) is 7.97. The van der Waals surface area contributed by atoms with Crippen LogP contribution in [-0.4, -0.2) is 13.0 Å². The second kappa shape index (κ2) is 7.67. The number of benzene rings is 3. The number of methoxy groups -OCH3 is 1. The molecule has 0 aliphatic heterocycles. The highest BCUT2D eigenvalue weighted by Crippen LogP contribution is 2.30. The van der Waals surface area contributed by atoms with Gasteiger partial charge in [0.2, 0.25) is 0 Å². The van der Waals surface area contributed by atoms with Gasteiger partial charge in [-0.1, -0.05) is 30.3 Å². The van der Waals surface area contributed by atoms with Crippen LogP contribution < -0.4 is 10.1 Å². The Balaban J connectivity index is 2.03. The van der Waals surface area contributed by atoms with Gasteiger partial charge < -0.3 is 10.1 Å². The summed E-state index contributed by atoms with van der Waals surface area (Å²) in [6.07, 6.45) is 1.39. The minimum absolute atomic E-state index is 0.215. The average molecular weight is 364 g/mol. The van der Waals surface area contributed by atoms with E-state index in [1.54, 1.807) is 6.07 Å². The Morgan fingerprint density at radius 1 is 1.15 bits per heavy atom. The third-order valence-corrected chi connectivity index (χ3v) is 3.98. The number of carbonyl (C=O) groups is 1. The fourth-order valence-electron chi connectivity index (χ4n) is 2.68. The van der Waals surface area contributed by atoms with Crippen molar-refractivity contribution in [2.45, 2.75) is 0 Å². The van der Waals surface area contributed by atoms with Crippen molar-refractivity contribution in [3.05, 3.63) is 77.4 Å². The lowest BCUT2D eigenvalue weighted by molar-refractivity contribution is -0.112. The number of rotatable bonds is 4. The Morgan fingerprint density at radius 3 is 2.63 bits per heavy atom. The first-order valence-corrected chi connectivity index (χ1v) is 7.97. The molecule has 0 heterocycles. The lowest BCUT2D eigenvalue weighted by Gasteiger charge is -2.10. The number of halogens is 2. The average Bonchev–Trinajstić information content (AvgIpc) is 2.67. The van der Waals surface area contributed by atoms with Crippen molar-refractivity contribution in [2.75, 3.05) is 12.4 Å². The standard InChI is InChI=1S/C21H14F2N2O2/c1-27-20-9-6-13-4-2-3-5-16(13)17(20)10-14(12-24)21(26)25-19-8-7-15(22)11-18(19)23/h2-11H,1H3,(H,25,26)/b14-10+. The molecule has 27 heavy (non-hydrogen) atoms. The summed E-state index contributed by atoms with van der Waals surface area (Å²) in [7, 11) is 1.49. The smallest absolute Gasteiger partial charge is 0.266 e. The third kappa shape index (κ3) is 3.77.